The van der Waals surface area contributed by atoms with Crippen LogP contribution in [0.5, 0.6) is 0 Å². The zero-order valence-corrected chi connectivity index (χ0v) is 13.8. The van der Waals surface area contributed by atoms with Gasteiger partial charge in [0.2, 0.25) is 10.0 Å². The Morgan fingerprint density at radius 1 is 1.30 bits per heavy atom. The van der Waals surface area contributed by atoms with E-state index in [0.717, 1.165) is 5.69 Å². The zero-order chi connectivity index (χ0) is 16.4. The van der Waals surface area contributed by atoms with Crippen LogP contribution in [0.15, 0.2) is 35.5 Å². The standard InChI is InChI=1S/C15H18N4O3S/c1-11-8-14(18-12(2)17-11)15-10-19(6-7-22-15)23(20,21)13-4-3-5-16-9-13/h3-5,8-9,15H,6-7,10H2,1-2H3/t15-/m1/s1. The van der Waals surface area contributed by atoms with E-state index in [-0.39, 0.29) is 11.4 Å². The van der Waals surface area contributed by atoms with Crippen molar-refractivity contribution in [2.24, 2.45) is 0 Å². The first-order chi connectivity index (χ1) is 11.0. The van der Waals surface area contributed by atoms with Crippen molar-refractivity contribution < 1.29 is 13.2 Å². The summed E-state index contributed by atoms with van der Waals surface area (Å²) in [4.78, 5) is 12.7. The molecule has 0 unspecified atom stereocenters. The van der Waals surface area contributed by atoms with E-state index in [1.165, 1.54) is 10.5 Å². The Kier molecular flexibility index (Phi) is 4.38. The van der Waals surface area contributed by atoms with E-state index >= 15 is 0 Å². The normalized spacial score (nSPS) is 19.7. The third-order valence-electron chi connectivity index (χ3n) is 3.62. The van der Waals surface area contributed by atoms with Gasteiger partial charge < -0.3 is 4.74 Å². The summed E-state index contributed by atoms with van der Waals surface area (Å²) in [5.41, 5.74) is 1.55. The van der Waals surface area contributed by atoms with Gasteiger partial charge in [-0.1, -0.05) is 0 Å². The van der Waals surface area contributed by atoms with Gasteiger partial charge in [0, 0.05) is 31.2 Å². The highest BCUT2D eigenvalue weighted by Gasteiger charge is 2.32. The maximum absolute atomic E-state index is 12.7. The van der Waals surface area contributed by atoms with Crippen LogP contribution in [0.1, 0.15) is 23.3 Å². The smallest absolute Gasteiger partial charge is 0.244 e. The summed E-state index contributed by atoms with van der Waals surface area (Å²) >= 11 is 0. The Bertz CT molecular complexity index is 775. The van der Waals surface area contributed by atoms with E-state index < -0.39 is 16.1 Å². The van der Waals surface area contributed by atoms with Crippen molar-refractivity contribution >= 4 is 10.0 Å². The molecule has 1 atom stereocenters. The third-order valence-corrected chi connectivity index (χ3v) is 5.47. The van der Waals surface area contributed by atoms with Crippen molar-refractivity contribution in [3.05, 3.63) is 47.8 Å². The number of hydrogen-bond donors (Lipinski definition) is 0. The van der Waals surface area contributed by atoms with E-state index in [1.54, 1.807) is 18.3 Å². The van der Waals surface area contributed by atoms with Gasteiger partial charge in [0.25, 0.3) is 0 Å². The summed E-state index contributed by atoms with van der Waals surface area (Å²) < 4.78 is 32.5. The molecule has 3 heterocycles. The van der Waals surface area contributed by atoms with Gasteiger partial charge in [-0.15, -0.1) is 0 Å². The highest BCUT2D eigenvalue weighted by molar-refractivity contribution is 7.89. The van der Waals surface area contributed by atoms with Crippen LogP contribution in [-0.2, 0) is 14.8 Å². The highest BCUT2D eigenvalue weighted by Crippen LogP contribution is 2.25. The summed E-state index contributed by atoms with van der Waals surface area (Å²) in [5.74, 6) is 0.649. The van der Waals surface area contributed by atoms with Crippen LogP contribution in [0.2, 0.25) is 0 Å². The number of nitrogens with zero attached hydrogens (tertiary/aromatic N) is 4. The van der Waals surface area contributed by atoms with Crippen molar-refractivity contribution in [1.29, 1.82) is 0 Å². The Labute approximate surface area is 135 Å². The van der Waals surface area contributed by atoms with E-state index in [2.05, 4.69) is 15.0 Å². The second kappa shape index (κ2) is 6.31. The molecule has 2 aromatic rings. The first-order valence-corrected chi connectivity index (χ1v) is 8.75. The second-order valence-electron chi connectivity index (χ2n) is 5.39. The van der Waals surface area contributed by atoms with Gasteiger partial charge in [-0.2, -0.15) is 4.31 Å². The van der Waals surface area contributed by atoms with Gasteiger partial charge in [0.05, 0.1) is 12.3 Å². The predicted molar refractivity (Wildman–Crippen MR) is 83.2 cm³/mol. The van der Waals surface area contributed by atoms with Gasteiger partial charge in [0.1, 0.15) is 16.8 Å². The second-order valence-corrected chi connectivity index (χ2v) is 7.33. The molecule has 8 heteroatoms. The molecule has 0 saturated carbocycles. The van der Waals surface area contributed by atoms with Crippen molar-refractivity contribution in [1.82, 2.24) is 19.3 Å². The fraction of sp³-hybridized carbons (Fsp3) is 0.400. The fourth-order valence-corrected chi connectivity index (χ4v) is 3.97. The zero-order valence-electron chi connectivity index (χ0n) is 13.0. The first kappa shape index (κ1) is 16.0. The van der Waals surface area contributed by atoms with Crippen LogP contribution in [-0.4, -0.2) is 47.4 Å². The molecule has 0 bridgehead atoms. The molecule has 0 N–H and O–H groups in total. The summed E-state index contributed by atoms with van der Waals surface area (Å²) in [6, 6.07) is 4.99. The minimum Gasteiger partial charge on any atom is -0.369 e. The molecule has 1 aliphatic heterocycles. The van der Waals surface area contributed by atoms with Crippen LogP contribution < -0.4 is 0 Å². The molecule has 1 fully saturated rings. The summed E-state index contributed by atoms with van der Waals surface area (Å²) in [7, 11) is -3.58. The minimum absolute atomic E-state index is 0.190. The van der Waals surface area contributed by atoms with E-state index in [1.807, 2.05) is 19.9 Å². The van der Waals surface area contributed by atoms with Crippen molar-refractivity contribution in [2.45, 2.75) is 24.8 Å². The van der Waals surface area contributed by atoms with Gasteiger partial charge >= 0.3 is 0 Å². The number of aryl methyl sites for hydroxylation is 2. The number of pyridine rings is 1. The molecule has 0 spiro atoms. The number of ether oxygens (including phenoxy) is 1. The predicted octanol–water partition coefficient (Wildman–Crippen LogP) is 1.25. The monoisotopic (exact) mass is 334 g/mol. The maximum Gasteiger partial charge on any atom is 0.244 e. The third kappa shape index (κ3) is 3.39. The number of aromatic nitrogens is 3. The average molecular weight is 334 g/mol. The van der Waals surface area contributed by atoms with Crippen molar-refractivity contribution in [3.63, 3.8) is 0 Å². The molecular formula is C15H18N4O3S. The number of sulfonamides is 1. The lowest BCUT2D eigenvalue weighted by Crippen LogP contribution is -2.42. The largest absolute Gasteiger partial charge is 0.369 e. The lowest BCUT2D eigenvalue weighted by Gasteiger charge is -2.31. The molecule has 3 rings (SSSR count). The summed E-state index contributed by atoms with van der Waals surface area (Å²) in [5, 5.41) is 0. The highest BCUT2D eigenvalue weighted by atomic mass is 32.2. The fourth-order valence-electron chi connectivity index (χ4n) is 2.58. The van der Waals surface area contributed by atoms with Gasteiger partial charge in [0.15, 0.2) is 0 Å². The van der Waals surface area contributed by atoms with Crippen LogP contribution >= 0.6 is 0 Å². The molecule has 23 heavy (non-hydrogen) atoms. The lowest BCUT2D eigenvalue weighted by atomic mass is 10.2. The van der Waals surface area contributed by atoms with Crippen LogP contribution in [0.4, 0.5) is 0 Å². The van der Waals surface area contributed by atoms with Gasteiger partial charge in [-0.25, -0.2) is 18.4 Å². The molecule has 122 valence electrons. The molecule has 0 aliphatic carbocycles. The molecule has 0 amide bonds. The quantitative estimate of drug-likeness (QED) is 0.840. The molecule has 0 aromatic carbocycles. The number of morpholine rings is 1. The van der Waals surface area contributed by atoms with Crippen LogP contribution in [0.3, 0.4) is 0 Å². The Balaban J connectivity index is 1.86. The first-order valence-electron chi connectivity index (χ1n) is 7.31. The maximum atomic E-state index is 12.7. The number of rotatable bonds is 3. The van der Waals surface area contributed by atoms with Gasteiger partial charge in [-0.05, 0) is 32.0 Å². The average Bonchev–Trinajstić information content (AvgIpc) is 2.55. The lowest BCUT2D eigenvalue weighted by molar-refractivity contribution is -0.00513. The van der Waals surface area contributed by atoms with Gasteiger partial charge in [-0.3, -0.25) is 4.98 Å². The van der Waals surface area contributed by atoms with Crippen LogP contribution in [0, 0.1) is 13.8 Å². The van der Waals surface area contributed by atoms with Crippen molar-refractivity contribution in [3.8, 4) is 0 Å². The molecule has 0 radical (unpaired) electrons. The molecule has 7 nitrogen and oxygen atoms in total. The Morgan fingerprint density at radius 2 is 2.13 bits per heavy atom. The molecule has 2 aromatic heterocycles. The molecule has 1 saturated heterocycles. The van der Waals surface area contributed by atoms with E-state index in [0.29, 0.717) is 24.7 Å². The molecular weight excluding hydrogens is 316 g/mol. The van der Waals surface area contributed by atoms with Crippen molar-refractivity contribution in [2.75, 3.05) is 19.7 Å². The number of hydrogen-bond acceptors (Lipinski definition) is 6. The Hall–Kier alpha value is -1.90. The van der Waals surface area contributed by atoms with E-state index in [4.69, 9.17) is 4.74 Å². The minimum atomic E-state index is -3.58. The summed E-state index contributed by atoms with van der Waals surface area (Å²) in [6.45, 7) is 4.56. The van der Waals surface area contributed by atoms with Crippen LogP contribution in [0.25, 0.3) is 0 Å². The SMILES string of the molecule is Cc1cc([C@H]2CN(S(=O)(=O)c3cccnc3)CCO2)nc(C)n1. The topological polar surface area (TPSA) is 85.3 Å². The van der Waals surface area contributed by atoms with E-state index in [9.17, 15) is 8.42 Å². The summed E-state index contributed by atoms with van der Waals surface area (Å²) in [6.07, 6.45) is 2.52. The Morgan fingerprint density at radius 3 is 2.83 bits per heavy atom. The molecule has 1 aliphatic rings.